The molecule has 1 atom stereocenters. The first-order valence-electron chi connectivity index (χ1n) is 22.9. The molecule has 0 aliphatic heterocycles. The summed E-state index contributed by atoms with van der Waals surface area (Å²) in [6.45, 7) is 8.95. The molecule has 0 saturated heterocycles. The molecule has 0 N–H and O–H groups in total. The van der Waals surface area contributed by atoms with Gasteiger partial charge in [-0.3, -0.25) is 14.4 Å². The molecule has 0 aromatic carbocycles. The molecule has 0 aliphatic carbocycles. The highest BCUT2D eigenvalue weighted by Gasteiger charge is 2.19. The van der Waals surface area contributed by atoms with Crippen molar-refractivity contribution in [1.29, 1.82) is 0 Å². The first-order valence-corrected chi connectivity index (χ1v) is 22.9. The molecular formula is C46H88O6. The third kappa shape index (κ3) is 39.6. The molecular weight excluding hydrogens is 649 g/mol. The lowest BCUT2D eigenvalue weighted by Gasteiger charge is -2.18. The lowest BCUT2D eigenvalue weighted by molar-refractivity contribution is -0.167. The summed E-state index contributed by atoms with van der Waals surface area (Å²) in [4.78, 5) is 37.6. The normalized spacial score (nSPS) is 11.9. The lowest BCUT2D eigenvalue weighted by Crippen LogP contribution is -2.30. The second kappa shape index (κ2) is 40.6. The summed E-state index contributed by atoms with van der Waals surface area (Å²) in [5.74, 6) is -0.0418. The van der Waals surface area contributed by atoms with E-state index in [-0.39, 0.29) is 31.1 Å². The van der Waals surface area contributed by atoms with Crippen LogP contribution in [-0.2, 0) is 28.6 Å². The summed E-state index contributed by atoms with van der Waals surface area (Å²) in [5, 5.41) is 0. The lowest BCUT2D eigenvalue weighted by atomic mass is 10.0. The van der Waals surface area contributed by atoms with Gasteiger partial charge in [-0.15, -0.1) is 0 Å². The number of hydrogen-bond donors (Lipinski definition) is 0. The van der Waals surface area contributed by atoms with Gasteiger partial charge in [-0.25, -0.2) is 0 Å². The molecule has 0 spiro atoms. The Hall–Kier alpha value is -1.59. The van der Waals surface area contributed by atoms with Crippen LogP contribution in [0.5, 0.6) is 0 Å². The molecule has 0 aliphatic rings. The first-order chi connectivity index (χ1) is 25.4. The Bertz CT molecular complexity index is 781. The summed E-state index contributed by atoms with van der Waals surface area (Å²) < 4.78 is 16.7. The van der Waals surface area contributed by atoms with Crippen molar-refractivity contribution < 1.29 is 28.6 Å². The van der Waals surface area contributed by atoms with Crippen molar-refractivity contribution in [2.45, 2.75) is 259 Å². The fraction of sp³-hybridized carbons (Fsp3) is 0.935. The van der Waals surface area contributed by atoms with E-state index in [1.807, 2.05) is 0 Å². The number of unbranched alkanes of at least 4 members (excludes halogenated alkanes) is 28. The molecule has 0 radical (unpaired) electrons. The second-order valence-electron chi connectivity index (χ2n) is 16.2. The van der Waals surface area contributed by atoms with E-state index in [9.17, 15) is 14.4 Å². The minimum atomic E-state index is -0.758. The van der Waals surface area contributed by atoms with Crippen molar-refractivity contribution >= 4 is 17.9 Å². The first kappa shape index (κ1) is 50.4. The van der Waals surface area contributed by atoms with Crippen molar-refractivity contribution in [2.75, 3.05) is 13.2 Å². The molecule has 6 heteroatoms. The summed E-state index contributed by atoms with van der Waals surface area (Å²) >= 11 is 0. The van der Waals surface area contributed by atoms with E-state index < -0.39 is 6.10 Å². The van der Waals surface area contributed by atoms with Crippen molar-refractivity contribution in [2.24, 2.45) is 5.92 Å². The van der Waals surface area contributed by atoms with E-state index in [2.05, 4.69) is 27.7 Å². The minimum absolute atomic E-state index is 0.0643. The van der Waals surface area contributed by atoms with Crippen LogP contribution in [0.2, 0.25) is 0 Å². The van der Waals surface area contributed by atoms with Gasteiger partial charge in [-0.1, -0.05) is 214 Å². The van der Waals surface area contributed by atoms with Crippen LogP contribution in [-0.4, -0.2) is 37.2 Å². The van der Waals surface area contributed by atoms with Crippen molar-refractivity contribution in [3.63, 3.8) is 0 Å². The Morgan fingerprint density at radius 1 is 0.365 bits per heavy atom. The quantitative estimate of drug-likeness (QED) is 0.0353. The van der Waals surface area contributed by atoms with Crippen LogP contribution in [0.1, 0.15) is 252 Å². The van der Waals surface area contributed by atoms with Gasteiger partial charge in [-0.05, 0) is 25.2 Å². The molecule has 0 heterocycles. The van der Waals surface area contributed by atoms with Gasteiger partial charge in [0.1, 0.15) is 13.2 Å². The van der Waals surface area contributed by atoms with Crippen LogP contribution in [0.25, 0.3) is 0 Å². The van der Waals surface area contributed by atoms with Crippen LogP contribution >= 0.6 is 0 Å². The van der Waals surface area contributed by atoms with Crippen molar-refractivity contribution in [3.05, 3.63) is 0 Å². The molecule has 308 valence electrons. The summed E-state index contributed by atoms with van der Waals surface area (Å²) in [6, 6.07) is 0. The van der Waals surface area contributed by atoms with Gasteiger partial charge in [0.05, 0.1) is 0 Å². The third-order valence-corrected chi connectivity index (χ3v) is 10.3. The monoisotopic (exact) mass is 737 g/mol. The molecule has 0 aromatic heterocycles. The van der Waals surface area contributed by atoms with Crippen LogP contribution in [0, 0.1) is 5.92 Å². The summed E-state index contributed by atoms with van der Waals surface area (Å²) in [6.07, 6.45) is 39.5. The average Bonchev–Trinajstić information content (AvgIpc) is 3.12. The fourth-order valence-electron chi connectivity index (χ4n) is 6.80. The fourth-order valence-corrected chi connectivity index (χ4v) is 6.80. The molecule has 0 unspecified atom stereocenters. The molecule has 0 aromatic rings. The molecule has 0 amide bonds. The van der Waals surface area contributed by atoms with Gasteiger partial charge in [0.2, 0.25) is 0 Å². The van der Waals surface area contributed by atoms with E-state index in [1.54, 1.807) is 0 Å². The smallest absolute Gasteiger partial charge is 0.306 e. The van der Waals surface area contributed by atoms with Crippen molar-refractivity contribution in [1.82, 2.24) is 0 Å². The standard InChI is InChI=1S/C46H88O6/c1-5-7-9-11-13-14-15-16-17-18-22-26-29-33-37-44(47)50-40-43(52-46(49)39-35-31-24-12-10-8-6-2)41-51-45(48)38-34-30-27-23-20-19-21-25-28-32-36-42(3)4/h42-43H,5-41H2,1-4H3/t43-/m1/s1. The van der Waals surface area contributed by atoms with Gasteiger partial charge in [-0.2, -0.15) is 0 Å². The molecule has 0 rings (SSSR count). The maximum atomic E-state index is 12.6. The number of carbonyl (C=O) groups is 3. The minimum Gasteiger partial charge on any atom is -0.462 e. The summed E-state index contributed by atoms with van der Waals surface area (Å²) in [5.41, 5.74) is 0. The second-order valence-corrected chi connectivity index (χ2v) is 16.2. The molecule has 0 fully saturated rings. The van der Waals surface area contributed by atoms with E-state index in [4.69, 9.17) is 14.2 Å². The molecule has 0 saturated carbocycles. The molecule has 0 bridgehead atoms. The van der Waals surface area contributed by atoms with Gasteiger partial charge in [0, 0.05) is 19.3 Å². The van der Waals surface area contributed by atoms with E-state index >= 15 is 0 Å². The highest BCUT2D eigenvalue weighted by atomic mass is 16.6. The zero-order chi connectivity index (χ0) is 38.2. The van der Waals surface area contributed by atoms with Gasteiger partial charge >= 0.3 is 17.9 Å². The highest BCUT2D eigenvalue weighted by molar-refractivity contribution is 5.71. The van der Waals surface area contributed by atoms with Crippen LogP contribution < -0.4 is 0 Å². The van der Waals surface area contributed by atoms with Crippen molar-refractivity contribution in [3.8, 4) is 0 Å². The number of carbonyl (C=O) groups excluding carboxylic acids is 3. The van der Waals surface area contributed by atoms with Crippen LogP contribution in [0.15, 0.2) is 0 Å². The Morgan fingerprint density at radius 2 is 0.635 bits per heavy atom. The molecule has 52 heavy (non-hydrogen) atoms. The average molecular weight is 737 g/mol. The third-order valence-electron chi connectivity index (χ3n) is 10.3. The van der Waals surface area contributed by atoms with Crippen LogP contribution in [0.3, 0.4) is 0 Å². The Labute approximate surface area is 323 Å². The Kier molecular flexibility index (Phi) is 39.4. The largest absolute Gasteiger partial charge is 0.462 e. The predicted molar refractivity (Wildman–Crippen MR) is 220 cm³/mol. The van der Waals surface area contributed by atoms with Gasteiger partial charge < -0.3 is 14.2 Å². The number of hydrogen-bond acceptors (Lipinski definition) is 6. The topological polar surface area (TPSA) is 78.9 Å². The molecule has 6 nitrogen and oxygen atoms in total. The SMILES string of the molecule is CCCCCCCCCCCCCCCCC(=O)OC[C@H](COC(=O)CCCCCCCCCCCCC(C)C)OC(=O)CCCCCCCCC. The maximum Gasteiger partial charge on any atom is 0.306 e. The Balaban J connectivity index is 4.23. The zero-order valence-corrected chi connectivity index (χ0v) is 35.3. The van der Waals surface area contributed by atoms with Gasteiger partial charge in [0.15, 0.2) is 6.10 Å². The summed E-state index contributed by atoms with van der Waals surface area (Å²) in [7, 11) is 0. The number of esters is 3. The number of rotatable bonds is 41. The zero-order valence-electron chi connectivity index (χ0n) is 35.3. The predicted octanol–water partition coefficient (Wildman–Crippen LogP) is 14.3. The maximum absolute atomic E-state index is 12.6. The van der Waals surface area contributed by atoms with E-state index in [1.165, 1.54) is 148 Å². The highest BCUT2D eigenvalue weighted by Crippen LogP contribution is 2.16. The van der Waals surface area contributed by atoms with Crippen LogP contribution in [0.4, 0.5) is 0 Å². The van der Waals surface area contributed by atoms with E-state index in [0.29, 0.717) is 19.3 Å². The van der Waals surface area contributed by atoms with E-state index in [0.717, 1.165) is 63.7 Å². The number of ether oxygens (including phenoxy) is 3. The van der Waals surface area contributed by atoms with Gasteiger partial charge in [0.25, 0.3) is 0 Å². The Morgan fingerprint density at radius 3 is 0.942 bits per heavy atom.